The maximum atomic E-state index is 11.9. The molecule has 0 saturated carbocycles. The monoisotopic (exact) mass is 368 g/mol. The minimum atomic E-state index is -0.188. The summed E-state index contributed by atoms with van der Waals surface area (Å²) in [6, 6.07) is 15.3. The predicted molar refractivity (Wildman–Crippen MR) is 105 cm³/mol. The summed E-state index contributed by atoms with van der Waals surface area (Å²) < 4.78 is 5.58. The van der Waals surface area contributed by atoms with Crippen molar-refractivity contribution in [3.05, 3.63) is 54.1 Å². The molecule has 2 aromatic carbocycles. The molecule has 26 heavy (non-hydrogen) atoms. The number of H-pyrrole nitrogens is 1. The van der Waals surface area contributed by atoms with E-state index < -0.39 is 0 Å². The molecular formula is C19H20N4O2S. The zero-order valence-corrected chi connectivity index (χ0v) is 15.4. The number of benzene rings is 2. The van der Waals surface area contributed by atoms with Gasteiger partial charge in [-0.2, -0.15) is 5.10 Å². The molecule has 0 aliphatic carbocycles. The van der Waals surface area contributed by atoms with Gasteiger partial charge < -0.3 is 9.72 Å². The van der Waals surface area contributed by atoms with Gasteiger partial charge in [0.2, 0.25) is 0 Å². The highest BCUT2D eigenvalue weighted by Gasteiger charge is 2.06. The number of hydrogen-bond acceptors (Lipinski definition) is 5. The number of nitrogens with one attached hydrogen (secondary N) is 2. The van der Waals surface area contributed by atoms with E-state index in [1.54, 1.807) is 6.21 Å². The first-order valence-corrected chi connectivity index (χ1v) is 9.25. The molecular weight excluding hydrogens is 348 g/mol. The van der Waals surface area contributed by atoms with Crippen molar-refractivity contribution in [1.82, 2.24) is 15.4 Å². The fourth-order valence-electron chi connectivity index (χ4n) is 2.25. The van der Waals surface area contributed by atoms with E-state index in [0.717, 1.165) is 22.3 Å². The Morgan fingerprint density at radius 2 is 2.04 bits per heavy atom. The quantitative estimate of drug-likeness (QED) is 0.379. The van der Waals surface area contributed by atoms with Gasteiger partial charge in [-0.05, 0) is 55.8 Å². The molecule has 0 aliphatic rings. The topological polar surface area (TPSA) is 79.4 Å². The predicted octanol–water partition coefficient (Wildman–Crippen LogP) is 3.59. The number of imidazole rings is 1. The van der Waals surface area contributed by atoms with Crippen molar-refractivity contribution in [2.24, 2.45) is 5.10 Å². The number of hydrazone groups is 1. The maximum Gasteiger partial charge on any atom is 0.250 e. The van der Waals surface area contributed by atoms with Gasteiger partial charge in [-0.15, -0.1) is 0 Å². The molecule has 0 bridgehead atoms. The standard InChI is InChI=1S/C19H20N4O2S/c1-13(2)25-15-9-7-14(8-10-15)11-20-23-18(24)12-26-19-21-16-5-3-4-6-17(16)22-19/h3-11,13H,12H2,1-2H3,(H,21,22)(H,23,24)/b20-11+. The number of carbonyl (C=O) groups excluding carboxylic acids is 1. The lowest BCUT2D eigenvalue weighted by Crippen LogP contribution is -2.19. The minimum Gasteiger partial charge on any atom is -0.491 e. The SMILES string of the molecule is CC(C)Oc1ccc(/C=N/NC(=O)CSc2nc3ccccc3[nH]2)cc1. The summed E-state index contributed by atoms with van der Waals surface area (Å²) in [7, 11) is 0. The van der Waals surface area contributed by atoms with Crippen LogP contribution in [0.1, 0.15) is 19.4 Å². The van der Waals surface area contributed by atoms with E-state index in [4.69, 9.17) is 4.74 Å². The summed E-state index contributed by atoms with van der Waals surface area (Å²) in [4.78, 5) is 19.5. The van der Waals surface area contributed by atoms with Crippen LogP contribution in [-0.4, -0.2) is 33.9 Å². The van der Waals surface area contributed by atoms with Gasteiger partial charge >= 0.3 is 0 Å². The number of aromatic amines is 1. The molecule has 0 fully saturated rings. The van der Waals surface area contributed by atoms with Gasteiger partial charge in [-0.25, -0.2) is 10.4 Å². The normalized spacial score (nSPS) is 11.3. The Hall–Kier alpha value is -2.80. The van der Waals surface area contributed by atoms with Gasteiger partial charge in [-0.1, -0.05) is 23.9 Å². The van der Waals surface area contributed by atoms with E-state index in [1.807, 2.05) is 62.4 Å². The number of fused-ring (bicyclic) bond motifs is 1. The van der Waals surface area contributed by atoms with E-state index in [-0.39, 0.29) is 17.8 Å². The van der Waals surface area contributed by atoms with Crippen molar-refractivity contribution in [3.8, 4) is 5.75 Å². The van der Waals surface area contributed by atoms with Crippen LogP contribution in [0.25, 0.3) is 11.0 Å². The number of hydrogen-bond donors (Lipinski definition) is 2. The summed E-state index contributed by atoms with van der Waals surface area (Å²) in [5.41, 5.74) is 5.24. The minimum absolute atomic E-state index is 0.137. The van der Waals surface area contributed by atoms with Crippen molar-refractivity contribution < 1.29 is 9.53 Å². The second-order valence-corrected chi connectivity index (χ2v) is 6.84. The molecule has 3 rings (SSSR count). The largest absolute Gasteiger partial charge is 0.491 e. The number of para-hydroxylation sites is 2. The van der Waals surface area contributed by atoms with Crippen molar-refractivity contribution >= 4 is 34.9 Å². The zero-order valence-electron chi connectivity index (χ0n) is 14.6. The lowest BCUT2D eigenvalue weighted by molar-refractivity contribution is -0.118. The van der Waals surface area contributed by atoms with E-state index in [1.165, 1.54) is 11.8 Å². The van der Waals surface area contributed by atoms with E-state index >= 15 is 0 Å². The summed E-state index contributed by atoms with van der Waals surface area (Å²) in [6.07, 6.45) is 1.74. The molecule has 0 atom stereocenters. The smallest absolute Gasteiger partial charge is 0.250 e. The molecule has 134 valence electrons. The number of amides is 1. The molecule has 0 spiro atoms. The third-order valence-corrected chi connectivity index (χ3v) is 4.24. The van der Waals surface area contributed by atoms with Gasteiger partial charge in [0, 0.05) is 0 Å². The molecule has 7 heteroatoms. The third kappa shape index (κ3) is 5.10. The van der Waals surface area contributed by atoms with E-state index in [9.17, 15) is 4.79 Å². The molecule has 3 aromatic rings. The Morgan fingerprint density at radius 3 is 2.77 bits per heavy atom. The van der Waals surface area contributed by atoms with Crippen LogP contribution in [0.15, 0.2) is 58.8 Å². The molecule has 0 aliphatic heterocycles. The molecule has 1 heterocycles. The second kappa shape index (κ2) is 8.53. The Balaban J connectivity index is 1.46. The van der Waals surface area contributed by atoms with Gasteiger partial charge in [0.15, 0.2) is 5.16 Å². The van der Waals surface area contributed by atoms with Crippen LogP contribution in [0.5, 0.6) is 5.75 Å². The number of ether oxygens (including phenoxy) is 1. The molecule has 0 saturated heterocycles. The summed E-state index contributed by atoms with van der Waals surface area (Å²) in [5.74, 6) is 0.855. The number of nitrogens with zero attached hydrogens (tertiary/aromatic N) is 2. The molecule has 6 nitrogen and oxygen atoms in total. The number of rotatable bonds is 7. The Kier molecular flexibility index (Phi) is 5.91. The van der Waals surface area contributed by atoms with Crippen LogP contribution in [0.4, 0.5) is 0 Å². The highest BCUT2D eigenvalue weighted by atomic mass is 32.2. The Bertz CT molecular complexity index is 870. The lowest BCUT2D eigenvalue weighted by Gasteiger charge is -2.09. The van der Waals surface area contributed by atoms with Crippen molar-refractivity contribution in [3.63, 3.8) is 0 Å². The van der Waals surface area contributed by atoms with Crippen molar-refractivity contribution in [2.45, 2.75) is 25.1 Å². The summed E-state index contributed by atoms with van der Waals surface area (Å²) in [6.45, 7) is 3.96. The number of thioether (sulfide) groups is 1. The highest BCUT2D eigenvalue weighted by Crippen LogP contribution is 2.18. The van der Waals surface area contributed by atoms with Crippen LogP contribution in [-0.2, 0) is 4.79 Å². The van der Waals surface area contributed by atoms with Crippen LogP contribution in [0, 0.1) is 0 Å². The molecule has 1 amide bonds. The summed E-state index contributed by atoms with van der Waals surface area (Å²) >= 11 is 1.34. The third-order valence-electron chi connectivity index (χ3n) is 3.36. The van der Waals surface area contributed by atoms with Gasteiger partial charge in [0.25, 0.3) is 5.91 Å². The van der Waals surface area contributed by atoms with Gasteiger partial charge in [0.1, 0.15) is 5.75 Å². The second-order valence-electron chi connectivity index (χ2n) is 5.88. The Morgan fingerprint density at radius 1 is 1.27 bits per heavy atom. The van der Waals surface area contributed by atoms with E-state index in [0.29, 0.717) is 5.16 Å². The van der Waals surface area contributed by atoms with Crippen LogP contribution < -0.4 is 10.2 Å². The van der Waals surface area contributed by atoms with Crippen LogP contribution >= 0.6 is 11.8 Å². The van der Waals surface area contributed by atoms with Crippen molar-refractivity contribution in [2.75, 3.05) is 5.75 Å². The first-order chi connectivity index (χ1) is 12.6. The summed E-state index contributed by atoms with van der Waals surface area (Å²) in [5, 5.41) is 4.69. The highest BCUT2D eigenvalue weighted by molar-refractivity contribution is 7.99. The van der Waals surface area contributed by atoms with Crippen molar-refractivity contribution in [1.29, 1.82) is 0 Å². The van der Waals surface area contributed by atoms with Crippen LogP contribution in [0.3, 0.4) is 0 Å². The van der Waals surface area contributed by atoms with Gasteiger partial charge in [0.05, 0.1) is 29.1 Å². The average Bonchev–Trinajstić information content (AvgIpc) is 3.04. The lowest BCUT2D eigenvalue weighted by atomic mass is 10.2. The first-order valence-electron chi connectivity index (χ1n) is 8.26. The molecule has 0 unspecified atom stereocenters. The van der Waals surface area contributed by atoms with Crippen LogP contribution in [0.2, 0.25) is 0 Å². The average molecular weight is 368 g/mol. The molecule has 1 aromatic heterocycles. The Labute approximate surface area is 156 Å². The van der Waals surface area contributed by atoms with E-state index in [2.05, 4.69) is 20.5 Å². The van der Waals surface area contributed by atoms with Gasteiger partial charge in [-0.3, -0.25) is 4.79 Å². The number of carbonyl (C=O) groups is 1. The number of aromatic nitrogens is 2. The fourth-order valence-corrected chi connectivity index (χ4v) is 2.92. The molecule has 0 radical (unpaired) electrons. The zero-order chi connectivity index (χ0) is 18.4. The molecule has 2 N–H and O–H groups in total. The maximum absolute atomic E-state index is 11.9. The fraction of sp³-hybridized carbons (Fsp3) is 0.211. The first kappa shape index (κ1) is 18.0.